The van der Waals surface area contributed by atoms with Crippen LogP contribution in [0.4, 0.5) is 4.79 Å². The number of carbonyl (C=O) groups excluding carboxylic acids is 2. The fraction of sp³-hybridized carbons (Fsp3) is 0.684. The van der Waals surface area contributed by atoms with E-state index in [4.69, 9.17) is 0 Å². The summed E-state index contributed by atoms with van der Waals surface area (Å²) in [5.41, 5.74) is 3.23. The molecule has 6 nitrogen and oxygen atoms in total. The topological polar surface area (TPSA) is 68.4 Å². The molecule has 3 amide bonds. The van der Waals surface area contributed by atoms with Crippen LogP contribution in [-0.4, -0.2) is 58.9 Å². The average Bonchev–Trinajstić information content (AvgIpc) is 3.09. The third-order valence-corrected chi connectivity index (χ3v) is 5.42. The number of rotatable bonds is 3. The number of urea groups is 1. The van der Waals surface area contributed by atoms with Gasteiger partial charge in [0, 0.05) is 43.6 Å². The number of aromatic amines is 1. The summed E-state index contributed by atoms with van der Waals surface area (Å²) in [4.78, 5) is 32.1. The standard InChI is InChI=1S/C19H30N4O2/c1-14-12-16(15(2)20-14)13-18(24)22-8-5-9-23(11-10-22)19(25)21-17-6-3-4-7-17/h12,17,20H,3-11,13H2,1-2H3,(H,21,25). The molecular weight excluding hydrogens is 316 g/mol. The Balaban J connectivity index is 1.51. The molecule has 1 saturated carbocycles. The normalized spacial score (nSPS) is 19.1. The van der Waals surface area contributed by atoms with E-state index in [9.17, 15) is 9.59 Å². The molecule has 1 aliphatic carbocycles. The molecular formula is C19H30N4O2. The Kier molecular flexibility index (Phi) is 5.66. The van der Waals surface area contributed by atoms with Gasteiger partial charge in [-0.1, -0.05) is 12.8 Å². The van der Waals surface area contributed by atoms with Crippen molar-refractivity contribution in [3.05, 3.63) is 23.0 Å². The second kappa shape index (κ2) is 7.93. The summed E-state index contributed by atoms with van der Waals surface area (Å²) >= 11 is 0. The Morgan fingerprint density at radius 1 is 1.08 bits per heavy atom. The molecule has 0 radical (unpaired) electrons. The summed E-state index contributed by atoms with van der Waals surface area (Å²) in [7, 11) is 0. The van der Waals surface area contributed by atoms with Crippen molar-refractivity contribution in [2.24, 2.45) is 0 Å². The predicted molar refractivity (Wildman–Crippen MR) is 97.5 cm³/mol. The van der Waals surface area contributed by atoms with Crippen LogP contribution < -0.4 is 5.32 Å². The van der Waals surface area contributed by atoms with Crippen LogP contribution in [0, 0.1) is 13.8 Å². The largest absolute Gasteiger partial charge is 0.362 e. The molecule has 2 aliphatic rings. The van der Waals surface area contributed by atoms with E-state index in [-0.39, 0.29) is 11.9 Å². The number of hydrogen-bond acceptors (Lipinski definition) is 2. The lowest BCUT2D eigenvalue weighted by Gasteiger charge is -2.24. The van der Waals surface area contributed by atoms with Crippen molar-refractivity contribution in [2.75, 3.05) is 26.2 Å². The Morgan fingerprint density at radius 3 is 2.44 bits per heavy atom. The molecule has 0 atom stereocenters. The van der Waals surface area contributed by atoms with Gasteiger partial charge in [-0.25, -0.2) is 4.79 Å². The number of aromatic nitrogens is 1. The second-order valence-corrected chi connectivity index (χ2v) is 7.43. The minimum atomic E-state index is 0.0401. The molecule has 2 fully saturated rings. The summed E-state index contributed by atoms with van der Waals surface area (Å²) < 4.78 is 0. The third-order valence-electron chi connectivity index (χ3n) is 5.42. The smallest absolute Gasteiger partial charge is 0.317 e. The van der Waals surface area contributed by atoms with E-state index in [0.717, 1.165) is 49.3 Å². The zero-order valence-electron chi connectivity index (χ0n) is 15.4. The van der Waals surface area contributed by atoms with Crippen LogP contribution in [0.5, 0.6) is 0 Å². The highest BCUT2D eigenvalue weighted by Gasteiger charge is 2.25. The SMILES string of the molecule is Cc1cc(CC(=O)N2CCCN(C(=O)NC3CCCC3)CC2)c(C)[nH]1. The molecule has 1 aromatic heterocycles. The lowest BCUT2D eigenvalue weighted by Crippen LogP contribution is -2.45. The highest BCUT2D eigenvalue weighted by Crippen LogP contribution is 2.18. The lowest BCUT2D eigenvalue weighted by atomic mass is 10.1. The second-order valence-electron chi connectivity index (χ2n) is 7.43. The number of nitrogens with one attached hydrogen (secondary N) is 2. The van der Waals surface area contributed by atoms with E-state index in [1.54, 1.807) is 0 Å². The van der Waals surface area contributed by atoms with Crippen LogP contribution in [0.3, 0.4) is 0 Å². The van der Waals surface area contributed by atoms with E-state index in [0.29, 0.717) is 25.6 Å². The van der Waals surface area contributed by atoms with E-state index in [1.165, 1.54) is 12.8 Å². The van der Waals surface area contributed by atoms with Crippen LogP contribution in [0.25, 0.3) is 0 Å². The van der Waals surface area contributed by atoms with Gasteiger partial charge in [-0.2, -0.15) is 0 Å². The molecule has 0 bridgehead atoms. The number of H-pyrrole nitrogens is 1. The molecule has 1 aliphatic heterocycles. The summed E-state index contributed by atoms with van der Waals surface area (Å²) in [5.74, 6) is 0.153. The van der Waals surface area contributed by atoms with Gasteiger partial charge in [0.1, 0.15) is 0 Å². The number of hydrogen-bond donors (Lipinski definition) is 2. The van der Waals surface area contributed by atoms with Gasteiger partial charge in [0.2, 0.25) is 5.91 Å². The Bertz CT molecular complexity index is 619. The number of nitrogens with zero attached hydrogens (tertiary/aromatic N) is 2. The highest BCUT2D eigenvalue weighted by molar-refractivity contribution is 5.79. The van der Waals surface area contributed by atoms with Crippen LogP contribution in [0.2, 0.25) is 0 Å². The number of amides is 3. The van der Waals surface area contributed by atoms with Crippen molar-refractivity contribution in [2.45, 2.75) is 58.4 Å². The van der Waals surface area contributed by atoms with Gasteiger partial charge in [-0.15, -0.1) is 0 Å². The summed E-state index contributed by atoms with van der Waals surface area (Å²) in [5, 5.41) is 3.15. The molecule has 0 aromatic carbocycles. The van der Waals surface area contributed by atoms with Gasteiger partial charge in [-0.3, -0.25) is 4.79 Å². The van der Waals surface area contributed by atoms with Crippen LogP contribution in [0.15, 0.2) is 6.07 Å². The summed E-state index contributed by atoms with van der Waals surface area (Å²) in [6, 6.07) is 2.43. The Hall–Kier alpha value is -1.98. The monoisotopic (exact) mass is 346 g/mol. The molecule has 1 aromatic rings. The predicted octanol–water partition coefficient (Wildman–Crippen LogP) is 2.36. The first-order chi connectivity index (χ1) is 12.0. The fourth-order valence-electron chi connectivity index (χ4n) is 3.95. The molecule has 0 spiro atoms. The van der Waals surface area contributed by atoms with Crippen molar-refractivity contribution in [1.82, 2.24) is 20.1 Å². The summed E-state index contributed by atoms with van der Waals surface area (Å²) in [6.07, 6.45) is 5.90. The Labute approximate surface area is 149 Å². The number of aryl methyl sites for hydroxylation is 2. The quantitative estimate of drug-likeness (QED) is 0.882. The van der Waals surface area contributed by atoms with Gasteiger partial charge >= 0.3 is 6.03 Å². The Morgan fingerprint density at radius 2 is 1.76 bits per heavy atom. The molecule has 138 valence electrons. The van der Waals surface area contributed by atoms with Crippen molar-refractivity contribution in [3.63, 3.8) is 0 Å². The van der Waals surface area contributed by atoms with Crippen molar-refractivity contribution in [3.8, 4) is 0 Å². The van der Waals surface area contributed by atoms with Crippen molar-refractivity contribution < 1.29 is 9.59 Å². The van der Waals surface area contributed by atoms with Gasteiger partial charge in [0.15, 0.2) is 0 Å². The maximum absolute atomic E-state index is 12.6. The molecule has 2 heterocycles. The van der Waals surface area contributed by atoms with E-state index < -0.39 is 0 Å². The highest BCUT2D eigenvalue weighted by atomic mass is 16.2. The first kappa shape index (κ1) is 17.8. The van der Waals surface area contributed by atoms with Crippen molar-refractivity contribution in [1.29, 1.82) is 0 Å². The maximum Gasteiger partial charge on any atom is 0.317 e. The van der Waals surface area contributed by atoms with Gasteiger partial charge < -0.3 is 20.1 Å². The van der Waals surface area contributed by atoms with Crippen LogP contribution in [-0.2, 0) is 11.2 Å². The minimum Gasteiger partial charge on any atom is -0.362 e. The van der Waals surface area contributed by atoms with E-state index >= 15 is 0 Å². The van der Waals surface area contributed by atoms with Gasteiger partial charge in [-0.05, 0) is 44.7 Å². The van der Waals surface area contributed by atoms with E-state index in [2.05, 4.69) is 10.3 Å². The first-order valence-electron chi connectivity index (χ1n) is 9.51. The summed E-state index contributed by atoms with van der Waals surface area (Å²) in [6.45, 7) is 6.72. The molecule has 25 heavy (non-hydrogen) atoms. The van der Waals surface area contributed by atoms with Crippen LogP contribution >= 0.6 is 0 Å². The molecule has 2 N–H and O–H groups in total. The average molecular weight is 346 g/mol. The number of carbonyl (C=O) groups is 2. The first-order valence-corrected chi connectivity index (χ1v) is 9.51. The lowest BCUT2D eigenvalue weighted by molar-refractivity contribution is -0.130. The minimum absolute atomic E-state index is 0.0401. The fourth-order valence-corrected chi connectivity index (χ4v) is 3.95. The molecule has 0 unspecified atom stereocenters. The molecule has 1 saturated heterocycles. The van der Waals surface area contributed by atoms with Gasteiger partial charge in [0.25, 0.3) is 0 Å². The molecule has 6 heteroatoms. The zero-order chi connectivity index (χ0) is 17.8. The van der Waals surface area contributed by atoms with Crippen molar-refractivity contribution >= 4 is 11.9 Å². The molecule has 3 rings (SSSR count). The van der Waals surface area contributed by atoms with Crippen LogP contribution in [0.1, 0.15) is 49.1 Å². The zero-order valence-corrected chi connectivity index (χ0v) is 15.4. The third kappa shape index (κ3) is 4.55. The van der Waals surface area contributed by atoms with Gasteiger partial charge in [0.05, 0.1) is 6.42 Å². The maximum atomic E-state index is 12.6. The van der Waals surface area contributed by atoms with E-state index in [1.807, 2.05) is 29.7 Å².